The van der Waals surface area contributed by atoms with Crippen LogP contribution in [0.4, 0.5) is 11.5 Å². The topological polar surface area (TPSA) is 68.0 Å². The lowest BCUT2D eigenvalue weighted by Crippen LogP contribution is -2.16. The molecule has 0 bridgehead atoms. The molecule has 0 amide bonds. The number of hydrogen-bond acceptors (Lipinski definition) is 4. The minimum absolute atomic E-state index is 0.193. The lowest BCUT2D eigenvalue weighted by molar-refractivity contribution is 0.672. The lowest BCUT2D eigenvalue weighted by atomic mass is 10.3. The average Bonchev–Trinajstić information content (AvgIpc) is 2.22. The number of pyridine rings is 1. The first-order valence-electron chi connectivity index (χ1n) is 5.30. The van der Waals surface area contributed by atoms with Crippen LogP contribution in [-0.4, -0.2) is 27.2 Å². The molecule has 0 saturated carbocycles. The van der Waals surface area contributed by atoms with Gasteiger partial charge in [0.2, 0.25) is 0 Å². The molecule has 0 saturated heterocycles. The third kappa shape index (κ3) is 3.81. The van der Waals surface area contributed by atoms with E-state index in [-0.39, 0.29) is 5.25 Å². The summed E-state index contributed by atoms with van der Waals surface area (Å²) < 4.78 is 11.2. The second-order valence-corrected chi connectivity index (χ2v) is 5.72. The van der Waals surface area contributed by atoms with Gasteiger partial charge in [-0.25, -0.2) is 4.98 Å². The highest BCUT2D eigenvalue weighted by Crippen LogP contribution is 2.15. The van der Waals surface area contributed by atoms with E-state index in [1.54, 1.807) is 6.26 Å². The molecule has 4 nitrogen and oxygen atoms in total. The van der Waals surface area contributed by atoms with Crippen molar-refractivity contribution >= 4 is 22.3 Å². The molecule has 0 fully saturated rings. The largest absolute Gasteiger partial charge is 0.396 e. The Morgan fingerprint density at radius 2 is 2.25 bits per heavy atom. The molecule has 0 radical (unpaired) electrons. The molecule has 0 aliphatic carbocycles. The summed E-state index contributed by atoms with van der Waals surface area (Å²) >= 11 is 0. The fraction of sp³-hybridized carbons (Fsp3) is 0.545. The van der Waals surface area contributed by atoms with Gasteiger partial charge in [-0.2, -0.15) is 0 Å². The summed E-state index contributed by atoms with van der Waals surface area (Å²) in [4.78, 5) is 4.30. The van der Waals surface area contributed by atoms with Gasteiger partial charge in [-0.1, -0.05) is 6.92 Å². The Hall–Kier alpha value is -1.10. The number of anilines is 2. The summed E-state index contributed by atoms with van der Waals surface area (Å²) in [7, 11) is -0.770. The first-order chi connectivity index (χ1) is 7.50. The van der Waals surface area contributed by atoms with Crippen LogP contribution in [0.5, 0.6) is 0 Å². The molecule has 3 N–H and O–H groups in total. The van der Waals surface area contributed by atoms with E-state index in [1.807, 2.05) is 26.0 Å². The van der Waals surface area contributed by atoms with E-state index in [0.717, 1.165) is 18.7 Å². The maximum Gasteiger partial charge on any atom is 0.149 e. The third-order valence-corrected chi connectivity index (χ3v) is 3.84. The molecule has 0 spiro atoms. The van der Waals surface area contributed by atoms with Crippen molar-refractivity contribution in [3.63, 3.8) is 0 Å². The highest BCUT2D eigenvalue weighted by atomic mass is 32.2. The van der Waals surface area contributed by atoms with Crippen molar-refractivity contribution in [2.75, 3.05) is 23.9 Å². The molecular weight excluding hydrogens is 222 g/mol. The second-order valence-electron chi connectivity index (χ2n) is 3.92. The number of nitrogens with one attached hydrogen (secondary N) is 1. The molecule has 0 aromatic carbocycles. The van der Waals surface area contributed by atoms with E-state index in [4.69, 9.17) is 5.73 Å². The van der Waals surface area contributed by atoms with Crippen LogP contribution in [0.2, 0.25) is 0 Å². The summed E-state index contributed by atoms with van der Waals surface area (Å²) in [5.74, 6) is 0.717. The van der Waals surface area contributed by atoms with E-state index in [2.05, 4.69) is 10.3 Å². The molecule has 1 heterocycles. The quantitative estimate of drug-likeness (QED) is 0.820. The standard InChI is InChI=1S/C11H19N3OS/c1-8-4-5-10(12)11(14-8)13-7-6-9(2)16(3)15/h4-5,9H,6-7,12H2,1-3H3,(H,13,14). The third-order valence-electron chi connectivity index (χ3n) is 2.48. The Labute approximate surface area is 99.1 Å². The fourth-order valence-corrected chi connectivity index (χ4v) is 1.72. The number of nitrogens with zero attached hydrogens (tertiary/aromatic N) is 1. The monoisotopic (exact) mass is 241 g/mol. The zero-order valence-corrected chi connectivity index (χ0v) is 10.8. The predicted molar refractivity (Wildman–Crippen MR) is 70.0 cm³/mol. The predicted octanol–water partition coefficient (Wildman–Crippen LogP) is 1.54. The summed E-state index contributed by atoms with van der Waals surface area (Å²) in [6, 6.07) is 3.72. The average molecular weight is 241 g/mol. The molecule has 16 heavy (non-hydrogen) atoms. The zero-order valence-electron chi connectivity index (χ0n) is 9.99. The second kappa shape index (κ2) is 5.84. The van der Waals surface area contributed by atoms with Gasteiger partial charge in [-0.3, -0.25) is 4.21 Å². The summed E-state index contributed by atoms with van der Waals surface area (Å²) in [5.41, 5.74) is 7.36. The minimum atomic E-state index is -0.770. The SMILES string of the molecule is Cc1ccc(N)c(NCCC(C)S(C)=O)n1. The van der Waals surface area contributed by atoms with Crippen LogP contribution < -0.4 is 11.1 Å². The molecular formula is C11H19N3OS. The Balaban J connectivity index is 2.48. The Morgan fingerprint density at radius 1 is 1.56 bits per heavy atom. The van der Waals surface area contributed by atoms with Gasteiger partial charge in [-0.05, 0) is 25.5 Å². The summed E-state index contributed by atoms with van der Waals surface area (Å²) in [6.07, 6.45) is 2.57. The molecule has 2 atom stereocenters. The van der Waals surface area contributed by atoms with E-state index in [9.17, 15) is 4.21 Å². The molecule has 1 rings (SSSR count). The maximum absolute atomic E-state index is 11.2. The zero-order chi connectivity index (χ0) is 12.1. The van der Waals surface area contributed by atoms with Gasteiger partial charge in [0, 0.05) is 34.5 Å². The fourth-order valence-electron chi connectivity index (χ4n) is 1.27. The van der Waals surface area contributed by atoms with Crippen LogP contribution >= 0.6 is 0 Å². The van der Waals surface area contributed by atoms with Crippen LogP contribution in [-0.2, 0) is 10.8 Å². The molecule has 0 aliphatic rings. The first kappa shape index (κ1) is 13.0. The van der Waals surface area contributed by atoms with Crippen molar-refractivity contribution in [2.24, 2.45) is 0 Å². The van der Waals surface area contributed by atoms with Gasteiger partial charge >= 0.3 is 0 Å². The van der Waals surface area contributed by atoms with Crippen LogP contribution in [0.3, 0.4) is 0 Å². The van der Waals surface area contributed by atoms with Crippen molar-refractivity contribution in [1.82, 2.24) is 4.98 Å². The molecule has 5 heteroatoms. The highest BCUT2D eigenvalue weighted by Gasteiger charge is 2.06. The number of nitrogen functional groups attached to an aromatic ring is 1. The number of hydrogen-bond donors (Lipinski definition) is 2. The van der Waals surface area contributed by atoms with Crippen molar-refractivity contribution in [1.29, 1.82) is 0 Å². The van der Waals surface area contributed by atoms with Crippen LogP contribution in [0.25, 0.3) is 0 Å². The molecule has 90 valence electrons. The Kier molecular flexibility index (Phi) is 4.73. The van der Waals surface area contributed by atoms with Crippen molar-refractivity contribution in [3.05, 3.63) is 17.8 Å². The van der Waals surface area contributed by atoms with E-state index < -0.39 is 10.8 Å². The van der Waals surface area contributed by atoms with Crippen molar-refractivity contribution < 1.29 is 4.21 Å². The highest BCUT2D eigenvalue weighted by molar-refractivity contribution is 7.84. The summed E-state index contributed by atoms with van der Waals surface area (Å²) in [6.45, 7) is 4.64. The van der Waals surface area contributed by atoms with Gasteiger partial charge < -0.3 is 11.1 Å². The van der Waals surface area contributed by atoms with Crippen molar-refractivity contribution in [3.8, 4) is 0 Å². The van der Waals surface area contributed by atoms with Gasteiger partial charge in [0.15, 0.2) is 0 Å². The number of rotatable bonds is 5. The molecule has 1 aromatic rings. The van der Waals surface area contributed by atoms with Crippen LogP contribution in [0, 0.1) is 6.92 Å². The number of nitrogens with two attached hydrogens (primary N) is 1. The smallest absolute Gasteiger partial charge is 0.149 e. The van der Waals surface area contributed by atoms with Gasteiger partial charge in [0.25, 0.3) is 0 Å². The van der Waals surface area contributed by atoms with Gasteiger partial charge in [0.1, 0.15) is 5.82 Å². The van der Waals surface area contributed by atoms with Crippen LogP contribution in [0.1, 0.15) is 19.0 Å². The van der Waals surface area contributed by atoms with E-state index in [0.29, 0.717) is 11.5 Å². The normalized spacial score (nSPS) is 14.4. The molecule has 1 aromatic heterocycles. The number of aromatic nitrogens is 1. The Bertz CT molecular complexity index is 381. The minimum Gasteiger partial charge on any atom is -0.396 e. The number of aryl methyl sites for hydroxylation is 1. The molecule has 2 unspecified atom stereocenters. The van der Waals surface area contributed by atoms with Crippen molar-refractivity contribution in [2.45, 2.75) is 25.5 Å². The van der Waals surface area contributed by atoms with E-state index in [1.165, 1.54) is 0 Å². The van der Waals surface area contributed by atoms with E-state index >= 15 is 0 Å². The summed E-state index contributed by atoms with van der Waals surface area (Å²) in [5, 5.41) is 3.36. The first-order valence-corrected chi connectivity index (χ1v) is 6.92. The van der Waals surface area contributed by atoms with Gasteiger partial charge in [0.05, 0.1) is 5.69 Å². The van der Waals surface area contributed by atoms with Crippen LogP contribution in [0.15, 0.2) is 12.1 Å². The molecule has 0 aliphatic heterocycles. The Morgan fingerprint density at radius 3 is 2.88 bits per heavy atom. The van der Waals surface area contributed by atoms with Gasteiger partial charge in [-0.15, -0.1) is 0 Å². The maximum atomic E-state index is 11.2. The lowest BCUT2D eigenvalue weighted by Gasteiger charge is -2.11.